The number of benzene rings is 2. The minimum atomic E-state index is -4.35. The van der Waals surface area contributed by atoms with E-state index >= 15 is 0 Å². The summed E-state index contributed by atoms with van der Waals surface area (Å²) < 4.78 is 45.9. The normalized spacial score (nSPS) is 24.6. The van der Waals surface area contributed by atoms with Gasteiger partial charge in [0.1, 0.15) is 11.9 Å². The number of likely N-dealkylation sites (tertiary alicyclic amines) is 1. The molecule has 0 N–H and O–H groups in total. The van der Waals surface area contributed by atoms with Crippen molar-refractivity contribution in [2.75, 3.05) is 13.1 Å². The molecule has 7 nitrogen and oxygen atoms in total. The number of ether oxygens (including phenoxy) is 1. The number of carbonyl (C=O) groups excluding carboxylic acids is 3. The van der Waals surface area contributed by atoms with Crippen LogP contribution in [0.2, 0.25) is 0 Å². The molecule has 206 valence electrons. The Kier molecular flexibility index (Phi) is 6.61. The predicted molar refractivity (Wildman–Crippen MR) is 134 cm³/mol. The zero-order valence-electron chi connectivity index (χ0n) is 21.5. The maximum absolute atomic E-state index is 13.2. The number of alkyl halides is 3. The Hall–Kier alpha value is -3.40. The molecular weight excluding hydrogens is 511 g/mol. The van der Waals surface area contributed by atoms with Crippen molar-refractivity contribution in [2.45, 2.75) is 75.7 Å². The summed E-state index contributed by atoms with van der Waals surface area (Å²) in [4.78, 5) is 40.0. The molecule has 2 saturated heterocycles. The van der Waals surface area contributed by atoms with Crippen molar-refractivity contribution in [2.24, 2.45) is 0 Å². The van der Waals surface area contributed by atoms with Gasteiger partial charge < -0.3 is 4.74 Å². The molecule has 3 fully saturated rings. The summed E-state index contributed by atoms with van der Waals surface area (Å²) in [7, 11) is 0. The summed E-state index contributed by atoms with van der Waals surface area (Å²) >= 11 is 0. The smallest absolute Gasteiger partial charge is 0.416 e. The lowest BCUT2D eigenvalue weighted by Gasteiger charge is -2.48. The van der Waals surface area contributed by atoms with E-state index in [0.29, 0.717) is 42.0 Å². The van der Waals surface area contributed by atoms with Crippen LogP contribution in [0.3, 0.4) is 0 Å². The predicted octanol–water partition coefficient (Wildman–Crippen LogP) is 4.90. The Bertz CT molecular complexity index is 1290. The molecule has 0 radical (unpaired) electrons. The Balaban J connectivity index is 1.12. The van der Waals surface area contributed by atoms with E-state index in [9.17, 15) is 27.6 Å². The van der Waals surface area contributed by atoms with Crippen molar-refractivity contribution in [3.63, 3.8) is 0 Å². The molecule has 3 amide bonds. The summed E-state index contributed by atoms with van der Waals surface area (Å²) in [5.74, 6) is -0.380. The Labute approximate surface area is 224 Å². The fourth-order valence-corrected chi connectivity index (χ4v) is 6.30. The molecule has 4 aliphatic rings. The summed E-state index contributed by atoms with van der Waals surface area (Å²) in [5.41, 5.74) is 1.28. The van der Waals surface area contributed by atoms with Crippen LogP contribution in [0.4, 0.5) is 13.2 Å². The Morgan fingerprint density at radius 2 is 1.62 bits per heavy atom. The third-order valence-corrected chi connectivity index (χ3v) is 8.38. The van der Waals surface area contributed by atoms with Crippen molar-refractivity contribution >= 4 is 17.7 Å². The van der Waals surface area contributed by atoms with Crippen LogP contribution in [0.25, 0.3) is 0 Å². The van der Waals surface area contributed by atoms with Crippen LogP contribution in [0.1, 0.15) is 77.9 Å². The second kappa shape index (κ2) is 9.97. The number of amides is 3. The zero-order valence-corrected chi connectivity index (χ0v) is 21.5. The molecule has 3 aliphatic heterocycles. The molecule has 0 aromatic heterocycles. The highest BCUT2D eigenvalue weighted by atomic mass is 19.4. The minimum Gasteiger partial charge on any atom is -0.489 e. The number of carbonyl (C=O) groups is 3. The van der Waals surface area contributed by atoms with Crippen molar-refractivity contribution < 1.29 is 32.3 Å². The fourth-order valence-electron chi connectivity index (χ4n) is 6.30. The zero-order chi connectivity index (χ0) is 27.3. The van der Waals surface area contributed by atoms with E-state index in [0.717, 1.165) is 36.8 Å². The van der Waals surface area contributed by atoms with Gasteiger partial charge in [0.25, 0.3) is 5.91 Å². The Morgan fingerprint density at radius 1 is 0.872 bits per heavy atom. The summed E-state index contributed by atoms with van der Waals surface area (Å²) in [6.45, 7) is 1.52. The van der Waals surface area contributed by atoms with Gasteiger partial charge in [-0.25, -0.2) is 5.01 Å². The standard InChI is InChI=1S/C29H30F3N3O4/c30-29(31,32)21-6-3-5-18(13-21)20-15-33(16-20)24-7-1-2-8-25(24)39-22-11-12-23-19(14-22)17-34(28(23)38)35-26(36)9-4-10-27(35)37/h3,5-6,11-14,20,24-25H,1-2,4,7-10,15-17H2/t24-,25-/m1/s1. The van der Waals surface area contributed by atoms with Gasteiger partial charge in [0.2, 0.25) is 11.8 Å². The van der Waals surface area contributed by atoms with Crippen molar-refractivity contribution in [1.82, 2.24) is 14.9 Å². The summed E-state index contributed by atoms with van der Waals surface area (Å²) in [6, 6.07) is 11.0. The first-order chi connectivity index (χ1) is 18.7. The average Bonchev–Trinajstić information content (AvgIpc) is 3.19. The number of piperidine rings is 1. The van der Waals surface area contributed by atoms with Crippen molar-refractivity contribution in [1.29, 1.82) is 0 Å². The Morgan fingerprint density at radius 3 is 2.36 bits per heavy atom. The fraction of sp³-hybridized carbons (Fsp3) is 0.483. The molecule has 0 spiro atoms. The molecule has 0 bridgehead atoms. The van der Waals surface area contributed by atoms with Crippen molar-refractivity contribution in [3.05, 3.63) is 64.7 Å². The monoisotopic (exact) mass is 541 g/mol. The van der Waals surface area contributed by atoms with E-state index < -0.39 is 11.7 Å². The molecule has 0 unspecified atom stereocenters. The summed E-state index contributed by atoms with van der Waals surface area (Å²) in [6.07, 6.45) is 0.494. The van der Waals surface area contributed by atoms with Gasteiger partial charge in [0.15, 0.2) is 0 Å². The largest absolute Gasteiger partial charge is 0.489 e. The van der Waals surface area contributed by atoms with Crippen LogP contribution in [0.5, 0.6) is 5.75 Å². The van der Waals surface area contributed by atoms with Gasteiger partial charge in [-0.05, 0) is 61.1 Å². The van der Waals surface area contributed by atoms with E-state index in [4.69, 9.17) is 4.74 Å². The number of hydrazine groups is 1. The molecule has 3 heterocycles. The lowest BCUT2D eigenvalue weighted by Crippen LogP contribution is -2.57. The molecule has 2 aromatic carbocycles. The number of hydrogen-bond donors (Lipinski definition) is 0. The molecule has 1 saturated carbocycles. The number of nitrogens with zero attached hydrogens (tertiary/aromatic N) is 3. The first-order valence-corrected chi connectivity index (χ1v) is 13.6. The number of halogens is 3. The third kappa shape index (κ3) is 4.90. The highest BCUT2D eigenvalue weighted by molar-refractivity contribution is 6.04. The topological polar surface area (TPSA) is 70.2 Å². The van der Waals surface area contributed by atoms with Crippen LogP contribution >= 0.6 is 0 Å². The molecule has 39 heavy (non-hydrogen) atoms. The summed E-state index contributed by atoms with van der Waals surface area (Å²) in [5, 5.41) is 2.23. The maximum atomic E-state index is 13.2. The average molecular weight is 542 g/mol. The lowest BCUT2D eigenvalue weighted by atomic mass is 9.84. The number of rotatable bonds is 5. The second-order valence-electron chi connectivity index (χ2n) is 10.9. The number of fused-ring (bicyclic) bond motifs is 1. The quantitative estimate of drug-likeness (QED) is 0.504. The molecule has 1 aliphatic carbocycles. The molecule has 2 atom stereocenters. The van der Waals surface area contributed by atoms with Gasteiger partial charge in [-0.1, -0.05) is 24.6 Å². The van der Waals surface area contributed by atoms with Gasteiger partial charge in [-0.15, -0.1) is 0 Å². The van der Waals surface area contributed by atoms with Gasteiger partial charge in [0, 0.05) is 43.5 Å². The van der Waals surface area contributed by atoms with Gasteiger partial charge in [-0.2, -0.15) is 18.2 Å². The lowest BCUT2D eigenvalue weighted by molar-refractivity contribution is -0.163. The highest BCUT2D eigenvalue weighted by Gasteiger charge is 2.41. The molecule has 10 heteroatoms. The number of imide groups is 1. The van der Waals surface area contributed by atoms with Crippen LogP contribution in [-0.2, 0) is 22.3 Å². The molecular formula is C29H30F3N3O4. The highest BCUT2D eigenvalue weighted by Crippen LogP contribution is 2.38. The molecule has 6 rings (SSSR count). The van der Waals surface area contributed by atoms with E-state index in [-0.39, 0.29) is 55.2 Å². The van der Waals surface area contributed by atoms with Gasteiger partial charge in [0.05, 0.1) is 12.1 Å². The van der Waals surface area contributed by atoms with Crippen LogP contribution < -0.4 is 4.74 Å². The first-order valence-electron chi connectivity index (χ1n) is 13.6. The number of hydrogen-bond acceptors (Lipinski definition) is 5. The van der Waals surface area contributed by atoms with Crippen LogP contribution in [0, 0.1) is 0 Å². The SMILES string of the molecule is O=C1c2ccc(O[C@@H]3CCCC[C@H]3N3CC(c4cccc(C(F)(F)F)c4)C3)cc2CN1N1C(=O)CCCC1=O. The van der Waals surface area contributed by atoms with E-state index in [1.165, 1.54) is 17.1 Å². The minimum absolute atomic E-state index is 0.0621. The van der Waals surface area contributed by atoms with E-state index in [1.54, 1.807) is 18.2 Å². The molecule has 2 aromatic rings. The first kappa shape index (κ1) is 25.9. The van der Waals surface area contributed by atoms with Gasteiger partial charge >= 0.3 is 6.18 Å². The third-order valence-electron chi connectivity index (χ3n) is 8.38. The maximum Gasteiger partial charge on any atom is 0.416 e. The van der Waals surface area contributed by atoms with E-state index in [2.05, 4.69) is 4.90 Å². The van der Waals surface area contributed by atoms with Crippen molar-refractivity contribution in [3.8, 4) is 5.75 Å². The second-order valence-corrected chi connectivity index (χ2v) is 10.9. The van der Waals surface area contributed by atoms with Crippen LogP contribution in [-0.4, -0.2) is 57.9 Å². The van der Waals surface area contributed by atoms with Gasteiger partial charge in [-0.3, -0.25) is 19.3 Å². The van der Waals surface area contributed by atoms with Crippen LogP contribution in [0.15, 0.2) is 42.5 Å². The van der Waals surface area contributed by atoms with E-state index in [1.807, 2.05) is 6.07 Å².